The summed E-state index contributed by atoms with van der Waals surface area (Å²) in [6, 6.07) is 7.15. The van der Waals surface area contributed by atoms with E-state index < -0.39 is 0 Å². The van der Waals surface area contributed by atoms with Crippen LogP contribution in [-0.4, -0.2) is 17.0 Å². The molecule has 86 valence electrons. The van der Waals surface area contributed by atoms with Crippen LogP contribution in [0.25, 0.3) is 0 Å². The first-order valence-corrected chi connectivity index (χ1v) is 4.97. The van der Waals surface area contributed by atoms with Gasteiger partial charge in [-0.3, -0.25) is 4.79 Å². The molecule has 0 saturated carbocycles. The van der Waals surface area contributed by atoms with Gasteiger partial charge in [0.2, 0.25) is 5.91 Å². The molecule has 1 aromatic carbocycles. The predicted octanol–water partition coefficient (Wildman–Crippen LogP) is 1.09. The molecule has 0 heterocycles. The van der Waals surface area contributed by atoms with Gasteiger partial charge in [-0.1, -0.05) is 28.9 Å². The van der Waals surface area contributed by atoms with Crippen LogP contribution in [-0.2, 0) is 11.3 Å². The number of carbonyl (C=O) groups excluding carboxylic acids is 1. The molecule has 4 N–H and O–H groups in total. The third-order valence-corrected chi connectivity index (χ3v) is 2.08. The molecule has 0 aliphatic heterocycles. The molecule has 1 amide bonds. The van der Waals surface area contributed by atoms with E-state index in [1.165, 1.54) is 0 Å². The number of nitrogens with one attached hydrogen (secondary N) is 1. The molecule has 0 bridgehead atoms. The van der Waals surface area contributed by atoms with Gasteiger partial charge in [0, 0.05) is 11.6 Å². The fourth-order valence-electron chi connectivity index (χ4n) is 1.11. The van der Waals surface area contributed by atoms with Crippen LogP contribution < -0.4 is 11.1 Å². The van der Waals surface area contributed by atoms with Crippen molar-refractivity contribution in [3.05, 3.63) is 34.9 Å². The Bertz CT molecular complexity index is 407. The van der Waals surface area contributed by atoms with Crippen LogP contribution in [0, 0.1) is 0 Å². The maximum absolute atomic E-state index is 11.3. The summed E-state index contributed by atoms with van der Waals surface area (Å²) in [5, 5.41) is 14.2. The van der Waals surface area contributed by atoms with Crippen molar-refractivity contribution < 1.29 is 10.0 Å². The molecule has 0 saturated heterocycles. The second-order valence-electron chi connectivity index (χ2n) is 3.17. The molecule has 0 aliphatic carbocycles. The van der Waals surface area contributed by atoms with Gasteiger partial charge in [-0.15, -0.1) is 0 Å². The lowest BCUT2D eigenvalue weighted by atomic mass is 10.2. The van der Waals surface area contributed by atoms with Crippen LogP contribution in [0.5, 0.6) is 0 Å². The molecular weight excluding hydrogens is 230 g/mol. The smallest absolute Gasteiger partial charge is 0.227 e. The number of hydrogen-bond donors (Lipinski definition) is 3. The molecule has 1 rings (SSSR count). The summed E-state index contributed by atoms with van der Waals surface area (Å²) in [5.74, 6) is -0.432. The Morgan fingerprint density at radius 1 is 1.56 bits per heavy atom. The molecule has 0 aromatic heterocycles. The van der Waals surface area contributed by atoms with E-state index in [1.807, 2.05) is 6.07 Å². The lowest BCUT2D eigenvalue weighted by Crippen LogP contribution is -2.28. The highest BCUT2D eigenvalue weighted by Gasteiger charge is 2.04. The summed E-state index contributed by atoms with van der Waals surface area (Å²) in [5.41, 5.74) is 6.07. The fraction of sp³-hybridized carbons (Fsp3) is 0.200. The Morgan fingerprint density at radius 2 is 2.31 bits per heavy atom. The van der Waals surface area contributed by atoms with Crippen LogP contribution in [0.4, 0.5) is 0 Å². The lowest BCUT2D eigenvalue weighted by molar-refractivity contribution is -0.120. The van der Waals surface area contributed by atoms with Gasteiger partial charge < -0.3 is 16.3 Å². The van der Waals surface area contributed by atoms with Gasteiger partial charge in [-0.25, -0.2) is 0 Å². The normalized spacial score (nSPS) is 11.2. The van der Waals surface area contributed by atoms with Crippen LogP contribution in [0.3, 0.4) is 0 Å². The molecule has 0 fully saturated rings. The van der Waals surface area contributed by atoms with Crippen LogP contribution in [0.1, 0.15) is 12.0 Å². The van der Waals surface area contributed by atoms with Gasteiger partial charge in [0.1, 0.15) is 5.84 Å². The number of benzene rings is 1. The average molecular weight is 242 g/mol. The quantitative estimate of drug-likeness (QED) is 0.319. The van der Waals surface area contributed by atoms with Crippen molar-refractivity contribution in [3.63, 3.8) is 0 Å². The van der Waals surface area contributed by atoms with Crippen molar-refractivity contribution in [2.45, 2.75) is 13.0 Å². The van der Waals surface area contributed by atoms with E-state index >= 15 is 0 Å². The van der Waals surface area contributed by atoms with E-state index in [4.69, 9.17) is 22.5 Å². The van der Waals surface area contributed by atoms with Gasteiger partial charge in [-0.05, 0) is 17.7 Å². The molecular formula is C10H12ClN3O2. The highest BCUT2D eigenvalue weighted by atomic mass is 35.5. The van der Waals surface area contributed by atoms with E-state index in [-0.39, 0.29) is 18.2 Å². The molecule has 0 aliphatic rings. The van der Waals surface area contributed by atoms with Crippen molar-refractivity contribution in [1.29, 1.82) is 0 Å². The molecule has 0 radical (unpaired) electrons. The Labute approximate surface area is 97.9 Å². The maximum Gasteiger partial charge on any atom is 0.227 e. The monoisotopic (exact) mass is 241 g/mol. The zero-order valence-electron chi connectivity index (χ0n) is 8.48. The van der Waals surface area contributed by atoms with Gasteiger partial charge in [0.05, 0.1) is 6.42 Å². The zero-order chi connectivity index (χ0) is 12.0. The summed E-state index contributed by atoms with van der Waals surface area (Å²) in [6.07, 6.45) is -0.128. The maximum atomic E-state index is 11.3. The first-order valence-electron chi connectivity index (χ1n) is 4.59. The van der Waals surface area contributed by atoms with Gasteiger partial charge in [0.25, 0.3) is 0 Å². The third-order valence-electron chi connectivity index (χ3n) is 1.85. The Morgan fingerprint density at radius 3 is 2.94 bits per heavy atom. The molecule has 0 unspecified atom stereocenters. The molecule has 0 spiro atoms. The van der Waals surface area contributed by atoms with E-state index in [0.29, 0.717) is 11.6 Å². The fourth-order valence-corrected chi connectivity index (χ4v) is 1.32. The highest BCUT2D eigenvalue weighted by Crippen LogP contribution is 2.10. The van der Waals surface area contributed by atoms with Crippen molar-refractivity contribution in [2.75, 3.05) is 0 Å². The largest absolute Gasteiger partial charge is 0.409 e. The first-order chi connectivity index (χ1) is 7.61. The summed E-state index contributed by atoms with van der Waals surface area (Å²) < 4.78 is 0. The summed E-state index contributed by atoms with van der Waals surface area (Å²) in [6.45, 7) is 0.359. The highest BCUT2D eigenvalue weighted by molar-refractivity contribution is 6.30. The number of amidine groups is 1. The number of oxime groups is 1. The van der Waals surface area contributed by atoms with E-state index in [2.05, 4.69) is 10.5 Å². The zero-order valence-corrected chi connectivity index (χ0v) is 9.24. The average Bonchev–Trinajstić information content (AvgIpc) is 2.26. The summed E-state index contributed by atoms with van der Waals surface area (Å²) >= 11 is 5.78. The topological polar surface area (TPSA) is 87.7 Å². The molecule has 0 atom stereocenters. The second-order valence-corrected chi connectivity index (χ2v) is 3.61. The Balaban J connectivity index is 2.43. The van der Waals surface area contributed by atoms with Crippen molar-refractivity contribution in [2.24, 2.45) is 10.9 Å². The number of nitrogens with zero attached hydrogens (tertiary/aromatic N) is 1. The van der Waals surface area contributed by atoms with Crippen LogP contribution >= 0.6 is 11.6 Å². The number of amides is 1. The van der Waals surface area contributed by atoms with Gasteiger partial charge in [-0.2, -0.15) is 0 Å². The molecule has 1 aromatic rings. The van der Waals surface area contributed by atoms with Crippen molar-refractivity contribution >= 4 is 23.3 Å². The van der Waals surface area contributed by atoms with Crippen LogP contribution in [0.15, 0.2) is 29.4 Å². The number of hydrogen-bond acceptors (Lipinski definition) is 3. The van der Waals surface area contributed by atoms with Crippen molar-refractivity contribution in [1.82, 2.24) is 5.32 Å². The minimum Gasteiger partial charge on any atom is -0.409 e. The predicted molar refractivity (Wildman–Crippen MR) is 61.3 cm³/mol. The summed E-state index contributed by atoms with van der Waals surface area (Å²) in [4.78, 5) is 11.3. The lowest BCUT2D eigenvalue weighted by Gasteiger charge is -2.04. The number of halogens is 1. The first kappa shape index (κ1) is 12.3. The van der Waals surface area contributed by atoms with Crippen LogP contribution in [0.2, 0.25) is 5.02 Å². The Kier molecular flexibility index (Phi) is 4.60. The second kappa shape index (κ2) is 5.97. The Hall–Kier alpha value is -1.75. The number of nitrogens with two attached hydrogens (primary N) is 1. The summed E-state index contributed by atoms with van der Waals surface area (Å²) in [7, 11) is 0. The van der Waals surface area contributed by atoms with E-state index in [9.17, 15) is 4.79 Å². The minimum atomic E-state index is -0.310. The third kappa shape index (κ3) is 4.18. The minimum absolute atomic E-state index is 0.122. The SMILES string of the molecule is NC(CC(=O)NCc1cccc(Cl)c1)=NO. The van der Waals surface area contributed by atoms with E-state index in [0.717, 1.165) is 5.56 Å². The standard InChI is InChI=1S/C10H12ClN3O2/c11-8-3-1-2-7(4-8)6-13-10(15)5-9(12)14-16/h1-4,16H,5-6H2,(H2,12,14)(H,13,15). The van der Waals surface area contributed by atoms with Gasteiger partial charge >= 0.3 is 0 Å². The number of rotatable bonds is 4. The van der Waals surface area contributed by atoms with Gasteiger partial charge in [0.15, 0.2) is 0 Å². The number of carbonyl (C=O) groups is 1. The molecule has 16 heavy (non-hydrogen) atoms. The van der Waals surface area contributed by atoms with Crippen molar-refractivity contribution in [3.8, 4) is 0 Å². The molecule has 6 heteroatoms. The van der Waals surface area contributed by atoms with E-state index in [1.54, 1.807) is 18.2 Å². The molecule has 5 nitrogen and oxygen atoms in total.